The molecule has 0 aliphatic carbocycles. The van der Waals surface area contributed by atoms with Crippen LogP contribution in [0.15, 0.2) is 69.9 Å². The molecule has 2 aromatic heterocycles. The van der Waals surface area contributed by atoms with E-state index in [0.29, 0.717) is 15.4 Å². The SMILES string of the molecule is Cc1cccc(NC(=O)CSc2nc3ccsc3c(=O)n2-c2ccccc2C)c1. The highest BCUT2D eigenvalue weighted by molar-refractivity contribution is 7.99. The summed E-state index contributed by atoms with van der Waals surface area (Å²) in [5.74, 6) is 0.0126. The molecule has 0 spiro atoms. The van der Waals surface area contributed by atoms with Gasteiger partial charge in [-0.15, -0.1) is 11.3 Å². The second-order valence-electron chi connectivity index (χ2n) is 6.66. The topological polar surface area (TPSA) is 64.0 Å². The minimum Gasteiger partial charge on any atom is -0.325 e. The Kier molecular flexibility index (Phi) is 5.51. The van der Waals surface area contributed by atoms with Crippen LogP contribution in [0.2, 0.25) is 0 Å². The van der Waals surface area contributed by atoms with Gasteiger partial charge >= 0.3 is 0 Å². The van der Waals surface area contributed by atoms with Crippen LogP contribution in [0.4, 0.5) is 5.69 Å². The number of thiophene rings is 1. The number of hydrogen-bond donors (Lipinski definition) is 1. The molecule has 0 bridgehead atoms. The lowest BCUT2D eigenvalue weighted by Gasteiger charge is -2.14. The molecule has 2 aromatic carbocycles. The van der Waals surface area contributed by atoms with E-state index < -0.39 is 0 Å². The maximum Gasteiger partial charge on any atom is 0.276 e. The van der Waals surface area contributed by atoms with E-state index in [1.807, 2.05) is 73.8 Å². The number of hydrogen-bond acceptors (Lipinski definition) is 5. The zero-order chi connectivity index (χ0) is 20.4. The molecule has 0 aliphatic heterocycles. The van der Waals surface area contributed by atoms with Gasteiger partial charge in [-0.2, -0.15) is 0 Å². The van der Waals surface area contributed by atoms with E-state index in [-0.39, 0.29) is 17.2 Å². The molecule has 5 nitrogen and oxygen atoms in total. The summed E-state index contributed by atoms with van der Waals surface area (Å²) in [6, 6.07) is 17.2. The first kappa shape index (κ1) is 19.4. The molecule has 0 atom stereocenters. The van der Waals surface area contributed by atoms with Gasteiger partial charge in [0.25, 0.3) is 5.56 Å². The summed E-state index contributed by atoms with van der Waals surface area (Å²) in [6.45, 7) is 3.94. The number of benzene rings is 2. The lowest BCUT2D eigenvalue weighted by Crippen LogP contribution is -2.22. The third kappa shape index (κ3) is 4.11. The van der Waals surface area contributed by atoms with Gasteiger partial charge in [0.15, 0.2) is 5.16 Å². The van der Waals surface area contributed by atoms with E-state index in [0.717, 1.165) is 22.5 Å². The van der Waals surface area contributed by atoms with E-state index in [1.54, 1.807) is 4.57 Å². The van der Waals surface area contributed by atoms with E-state index in [4.69, 9.17) is 0 Å². The average molecular weight is 422 g/mol. The number of thioether (sulfide) groups is 1. The Bertz CT molecular complexity index is 1260. The number of carbonyl (C=O) groups is 1. The fourth-order valence-corrected chi connectivity index (χ4v) is 4.63. The van der Waals surface area contributed by atoms with Crippen LogP contribution in [0.25, 0.3) is 15.9 Å². The quantitative estimate of drug-likeness (QED) is 0.372. The molecule has 4 aromatic rings. The van der Waals surface area contributed by atoms with Gasteiger partial charge in [-0.1, -0.05) is 42.1 Å². The monoisotopic (exact) mass is 421 g/mol. The second kappa shape index (κ2) is 8.23. The third-order valence-electron chi connectivity index (χ3n) is 4.44. The molecular formula is C22H19N3O2S2. The van der Waals surface area contributed by atoms with Crippen LogP contribution >= 0.6 is 23.1 Å². The van der Waals surface area contributed by atoms with Crippen LogP contribution in [0.3, 0.4) is 0 Å². The second-order valence-corrected chi connectivity index (χ2v) is 8.52. The van der Waals surface area contributed by atoms with Crippen molar-refractivity contribution >= 4 is 44.9 Å². The number of nitrogens with one attached hydrogen (secondary N) is 1. The number of aromatic nitrogens is 2. The van der Waals surface area contributed by atoms with Crippen LogP contribution < -0.4 is 10.9 Å². The van der Waals surface area contributed by atoms with Crippen molar-refractivity contribution in [2.75, 3.05) is 11.1 Å². The summed E-state index contributed by atoms with van der Waals surface area (Å²) >= 11 is 2.64. The lowest BCUT2D eigenvalue weighted by molar-refractivity contribution is -0.113. The summed E-state index contributed by atoms with van der Waals surface area (Å²) in [4.78, 5) is 30.3. The predicted molar refractivity (Wildman–Crippen MR) is 120 cm³/mol. The van der Waals surface area contributed by atoms with Crippen molar-refractivity contribution in [1.29, 1.82) is 0 Å². The first-order valence-corrected chi connectivity index (χ1v) is 10.9. The maximum atomic E-state index is 13.2. The van der Waals surface area contributed by atoms with Gasteiger partial charge in [0.1, 0.15) is 4.70 Å². The highest BCUT2D eigenvalue weighted by atomic mass is 32.2. The summed E-state index contributed by atoms with van der Waals surface area (Å²) in [5, 5.41) is 5.27. The number of amides is 1. The highest BCUT2D eigenvalue weighted by Crippen LogP contribution is 2.25. The van der Waals surface area contributed by atoms with E-state index >= 15 is 0 Å². The standard InChI is InChI=1S/C22H19N3O2S2/c1-14-6-5-8-16(12-14)23-19(26)13-29-22-24-17-10-11-28-20(17)21(27)25(22)18-9-4-3-7-15(18)2/h3-12H,13H2,1-2H3,(H,23,26). The summed E-state index contributed by atoms with van der Waals surface area (Å²) in [7, 11) is 0. The van der Waals surface area contributed by atoms with E-state index in [1.165, 1.54) is 23.1 Å². The summed E-state index contributed by atoms with van der Waals surface area (Å²) in [5.41, 5.74) is 4.13. The number of rotatable bonds is 5. The Balaban J connectivity index is 1.66. The Hall–Kier alpha value is -2.90. The van der Waals surface area contributed by atoms with Gasteiger partial charge in [-0.3, -0.25) is 14.2 Å². The summed E-state index contributed by atoms with van der Waals surface area (Å²) < 4.78 is 2.22. The Morgan fingerprint density at radius 1 is 1.14 bits per heavy atom. The van der Waals surface area contributed by atoms with Crippen molar-refractivity contribution in [3.05, 3.63) is 81.5 Å². The number of carbonyl (C=O) groups excluding carboxylic acids is 1. The fraction of sp³-hybridized carbons (Fsp3) is 0.136. The van der Waals surface area contributed by atoms with Crippen molar-refractivity contribution in [2.24, 2.45) is 0 Å². The van der Waals surface area contributed by atoms with Gasteiger partial charge in [0.2, 0.25) is 5.91 Å². The van der Waals surface area contributed by atoms with Gasteiger partial charge < -0.3 is 5.32 Å². The number of anilines is 1. The van der Waals surface area contributed by atoms with Crippen molar-refractivity contribution in [1.82, 2.24) is 9.55 Å². The Morgan fingerprint density at radius 3 is 2.76 bits per heavy atom. The van der Waals surface area contributed by atoms with Crippen molar-refractivity contribution < 1.29 is 4.79 Å². The number of para-hydroxylation sites is 1. The summed E-state index contributed by atoms with van der Waals surface area (Å²) in [6.07, 6.45) is 0. The molecule has 29 heavy (non-hydrogen) atoms. The van der Waals surface area contributed by atoms with Crippen molar-refractivity contribution in [2.45, 2.75) is 19.0 Å². The minimum absolute atomic E-state index is 0.110. The first-order chi connectivity index (χ1) is 14.0. The first-order valence-electron chi connectivity index (χ1n) is 9.08. The normalized spacial score (nSPS) is 11.0. The zero-order valence-corrected chi connectivity index (χ0v) is 17.6. The van der Waals surface area contributed by atoms with Crippen molar-refractivity contribution in [3.8, 4) is 5.69 Å². The number of nitrogens with zero attached hydrogens (tertiary/aromatic N) is 2. The average Bonchev–Trinajstić information content (AvgIpc) is 3.16. The highest BCUT2D eigenvalue weighted by Gasteiger charge is 2.16. The third-order valence-corrected chi connectivity index (χ3v) is 6.27. The molecule has 0 unspecified atom stereocenters. The van der Waals surface area contributed by atoms with Crippen LogP contribution in [-0.4, -0.2) is 21.2 Å². The molecule has 1 amide bonds. The molecule has 0 saturated carbocycles. The van der Waals surface area contributed by atoms with Gasteiger partial charge in [0.05, 0.1) is 17.0 Å². The van der Waals surface area contributed by atoms with Gasteiger partial charge in [0, 0.05) is 5.69 Å². The van der Waals surface area contributed by atoms with Crippen LogP contribution in [0.1, 0.15) is 11.1 Å². The van der Waals surface area contributed by atoms with Crippen molar-refractivity contribution in [3.63, 3.8) is 0 Å². The zero-order valence-electron chi connectivity index (χ0n) is 16.0. The Labute approximate surface area is 176 Å². The molecule has 7 heteroatoms. The fourth-order valence-electron chi connectivity index (χ4n) is 3.07. The largest absolute Gasteiger partial charge is 0.325 e. The van der Waals surface area contributed by atoms with Crippen LogP contribution in [-0.2, 0) is 4.79 Å². The Morgan fingerprint density at radius 2 is 1.97 bits per heavy atom. The smallest absolute Gasteiger partial charge is 0.276 e. The predicted octanol–water partition coefficient (Wildman–Crippen LogP) is 4.79. The molecule has 2 heterocycles. The van der Waals surface area contributed by atoms with E-state index in [9.17, 15) is 9.59 Å². The molecule has 0 saturated heterocycles. The number of fused-ring (bicyclic) bond motifs is 1. The molecule has 146 valence electrons. The molecule has 0 aliphatic rings. The number of aryl methyl sites for hydroxylation is 2. The molecular weight excluding hydrogens is 402 g/mol. The van der Waals surface area contributed by atoms with Crippen LogP contribution in [0.5, 0.6) is 0 Å². The van der Waals surface area contributed by atoms with Crippen LogP contribution in [0, 0.1) is 13.8 Å². The minimum atomic E-state index is -0.142. The molecule has 0 radical (unpaired) electrons. The molecule has 1 N–H and O–H groups in total. The van der Waals surface area contributed by atoms with E-state index in [2.05, 4.69) is 10.3 Å². The maximum absolute atomic E-state index is 13.2. The molecule has 4 rings (SSSR count). The van der Waals surface area contributed by atoms with Gasteiger partial charge in [-0.05, 0) is 54.6 Å². The lowest BCUT2D eigenvalue weighted by atomic mass is 10.2. The molecule has 0 fully saturated rings. The van der Waals surface area contributed by atoms with Gasteiger partial charge in [-0.25, -0.2) is 4.98 Å².